The Morgan fingerprint density at radius 1 is 1.10 bits per heavy atom. The van der Waals surface area contributed by atoms with E-state index in [0.29, 0.717) is 12.0 Å². The molecule has 0 saturated heterocycles. The maximum absolute atomic E-state index is 4.54. The highest BCUT2D eigenvalue weighted by atomic mass is 15.1. The normalized spacial score (nSPS) is 19.1. The largest absolute Gasteiger partial charge is 0.372 e. The Morgan fingerprint density at radius 3 is 2.87 bits per heavy atom. The molecule has 2 N–H and O–H groups in total. The maximum Gasteiger partial charge on any atom is 0.145 e. The van der Waals surface area contributed by atoms with Crippen LogP contribution in [0.3, 0.4) is 0 Å². The van der Waals surface area contributed by atoms with Gasteiger partial charge in [0.2, 0.25) is 0 Å². The lowest BCUT2D eigenvalue weighted by Crippen LogP contribution is -2.18. The van der Waals surface area contributed by atoms with E-state index in [1.807, 2.05) is 7.05 Å². The van der Waals surface area contributed by atoms with Gasteiger partial charge < -0.3 is 15.2 Å². The van der Waals surface area contributed by atoms with Crippen LogP contribution in [0.15, 0.2) is 61.1 Å². The van der Waals surface area contributed by atoms with E-state index in [9.17, 15) is 0 Å². The second kappa shape index (κ2) is 10.4. The van der Waals surface area contributed by atoms with E-state index in [0.717, 1.165) is 42.8 Å². The second-order valence-corrected chi connectivity index (χ2v) is 8.22. The lowest BCUT2D eigenvalue weighted by Gasteiger charge is -2.13. The molecule has 1 saturated carbocycles. The maximum atomic E-state index is 4.54. The van der Waals surface area contributed by atoms with Crippen LogP contribution in [0, 0.1) is 5.92 Å². The van der Waals surface area contributed by atoms with Gasteiger partial charge in [0.05, 0.1) is 5.39 Å². The molecular weight excluding hydrogens is 370 g/mol. The third-order valence-corrected chi connectivity index (χ3v) is 6.15. The van der Waals surface area contributed by atoms with Crippen molar-refractivity contribution >= 4 is 16.9 Å². The zero-order chi connectivity index (χ0) is 20.6. The molecule has 2 atom stereocenters. The van der Waals surface area contributed by atoms with E-state index in [-0.39, 0.29) is 0 Å². The number of allylic oxidation sites excluding steroid dienone is 2. The summed E-state index contributed by atoms with van der Waals surface area (Å²) in [7, 11) is 1.91. The number of unbranched alkanes of at least 4 members (excludes halogenated alkanes) is 1. The number of fused-ring (bicyclic) bond motifs is 1. The number of anilines is 1. The van der Waals surface area contributed by atoms with Crippen LogP contribution in [-0.2, 0) is 6.42 Å². The van der Waals surface area contributed by atoms with Gasteiger partial charge in [-0.15, -0.1) is 0 Å². The third-order valence-electron chi connectivity index (χ3n) is 6.15. The second-order valence-electron chi connectivity index (χ2n) is 8.22. The van der Waals surface area contributed by atoms with E-state index in [2.05, 4.69) is 79.9 Å². The Hall–Kier alpha value is -2.66. The summed E-state index contributed by atoms with van der Waals surface area (Å²) in [4.78, 5) is 8.86. The van der Waals surface area contributed by atoms with E-state index < -0.39 is 0 Å². The van der Waals surface area contributed by atoms with Gasteiger partial charge in [-0.2, -0.15) is 0 Å². The molecule has 2 heterocycles. The molecule has 0 bridgehead atoms. The van der Waals surface area contributed by atoms with Crippen molar-refractivity contribution in [1.29, 1.82) is 0 Å². The highest BCUT2D eigenvalue weighted by Crippen LogP contribution is 2.37. The van der Waals surface area contributed by atoms with Gasteiger partial charge in [0.25, 0.3) is 0 Å². The molecular formula is C25H33N5. The van der Waals surface area contributed by atoms with Crippen LogP contribution in [0.5, 0.6) is 0 Å². The quantitative estimate of drug-likeness (QED) is 0.370. The minimum absolute atomic E-state index is 0.538. The minimum Gasteiger partial charge on any atom is -0.372 e. The summed E-state index contributed by atoms with van der Waals surface area (Å²) in [5.74, 6) is 1.59. The Labute approximate surface area is 179 Å². The highest BCUT2D eigenvalue weighted by molar-refractivity contribution is 5.87. The zero-order valence-electron chi connectivity index (χ0n) is 17.9. The van der Waals surface area contributed by atoms with E-state index in [1.54, 1.807) is 6.33 Å². The topological polar surface area (TPSA) is 54.8 Å². The standard InChI is InChI=1S/C25H33N5/c1-26-24-23-14-17-30(25(23)29-19-28-24)22-12-11-21(18-22)10-6-3-7-15-27-16-13-20-8-4-2-5-9-20/h2,4-6,8-10,14,17,19,21-22,27H,3,7,11-13,15-16,18H2,1H3,(H,26,28,29)/b10-6+. The lowest BCUT2D eigenvalue weighted by molar-refractivity contribution is 0.518. The molecule has 2 aromatic heterocycles. The fourth-order valence-electron chi connectivity index (χ4n) is 4.52. The molecule has 30 heavy (non-hydrogen) atoms. The fraction of sp³-hybridized carbons (Fsp3) is 0.440. The predicted molar refractivity (Wildman–Crippen MR) is 125 cm³/mol. The number of benzene rings is 1. The number of aromatic nitrogens is 3. The highest BCUT2D eigenvalue weighted by Gasteiger charge is 2.25. The molecule has 1 aliphatic carbocycles. The first-order valence-corrected chi connectivity index (χ1v) is 11.3. The summed E-state index contributed by atoms with van der Waals surface area (Å²) >= 11 is 0. The average Bonchev–Trinajstić information content (AvgIpc) is 3.43. The Bertz CT molecular complexity index is 947. The monoisotopic (exact) mass is 403 g/mol. The van der Waals surface area contributed by atoms with Gasteiger partial charge in [-0.05, 0) is 69.2 Å². The van der Waals surface area contributed by atoms with Gasteiger partial charge in [0, 0.05) is 19.3 Å². The minimum atomic E-state index is 0.538. The van der Waals surface area contributed by atoms with Crippen LogP contribution in [0.1, 0.15) is 43.7 Å². The van der Waals surface area contributed by atoms with Crippen molar-refractivity contribution in [2.45, 2.75) is 44.6 Å². The summed E-state index contributed by atoms with van der Waals surface area (Å²) in [6.07, 6.45) is 15.8. The van der Waals surface area contributed by atoms with Crippen LogP contribution in [-0.4, -0.2) is 34.7 Å². The molecule has 0 spiro atoms. The van der Waals surface area contributed by atoms with E-state index in [1.165, 1.54) is 31.2 Å². The first-order valence-electron chi connectivity index (χ1n) is 11.3. The summed E-state index contributed by atoms with van der Waals surface area (Å²) in [6, 6.07) is 13.4. The van der Waals surface area contributed by atoms with Crippen LogP contribution < -0.4 is 10.6 Å². The summed E-state index contributed by atoms with van der Waals surface area (Å²) in [5.41, 5.74) is 2.45. The van der Waals surface area contributed by atoms with Gasteiger partial charge in [-0.3, -0.25) is 0 Å². The number of rotatable bonds is 10. The number of nitrogens with one attached hydrogen (secondary N) is 2. The van der Waals surface area contributed by atoms with Gasteiger partial charge in [0.1, 0.15) is 17.8 Å². The SMILES string of the molecule is CNc1ncnc2c1ccn2C1CCC(/C=C/CCCNCCc2ccccc2)C1. The van der Waals surface area contributed by atoms with Crippen LogP contribution in [0.2, 0.25) is 0 Å². The zero-order valence-corrected chi connectivity index (χ0v) is 17.9. The molecule has 1 fully saturated rings. The van der Waals surface area contributed by atoms with Crippen molar-refractivity contribution in [3.63, 3.8) is 0 Å². The van der Waals surface area contributed by atoms with Crippen molar-refractivity contribution in [1.82, 2.24) is 19.9 Å². The first-order chi connectivity index (χ1) is 14.8. The molecule has 2 unspecified atom stereocenters. The summed E-state index contributed by atoms with van der Waals surface area (Å²) in [6.45, 7) is 2.15. The van der Waals surface area contributed by atoms with Gasteiger partial charge in [-0.1, -0.05) is 42.5 Å². The molecule has 5 heteroatoms. The Balaban J connectivity index is 1.17. The molecule has 4 rings (SSSR count). The molecule has 1 aliphatic rings. The van der Waals surface area contributed by atoms with Crippen LogP contribution in [0.4, 0.5) is 5.82 Å². The molecule has 5 nitrogen and oxygen atoms in total. The predicted octanol–water partition coefficient (Wildman–Crippen LogP) is 4.98. The van der Waals surface area contributed by atoms with Crippen molar-refractivity contribution in [2.24, 2.45) is 5.92 Å². The Kier molecular flexibility index (Phi) is 7.14. The smallest absolute Gasteiger partial charge is 0.145 e. The molecule has 0 radical (unpaired) electrons. The van der Waals surface area contributed by atoms with Crippen LogP contribution >= 0.6 is 0 Å². The number of hydrogen-bond acceptors (Lipinski definition) is 4. The molecule has 0 aliphatic heterocycles. The van der Waals surface area contributed by atoms with Gasteiger partial charge in [0.15, 0.2) is 0 Å². The Morgan fingerprint density at radius 2 is 2.00 bits per heavy atom. The van der Waals surface area contributed by atoms with E-state index >= 15 is 0 Å². The van der Waals surface area contributed by atoms with Crippen LogP contribution in [0.25, 0.3) is 11.0 Å². The molecule has 0 amide bonds. The van der Waals surface area contributed by atoms with E-state index in [4.69, 9.17) is 0 Å². The molecule has 158 valence electrons. The van der Waals surface area contributed by atoms with Gasteiger partial charge in [-0.25, -0.2) is 9.97 Å². The van der Waals surface area contributed by atoms with Gasteiger partial charge >= 0.3 is 0 Å². The molecule has 1 aromatic carbocycles. The van der Waals surface area contributed by atoms with Crippen molar-refractivity contribution in [3.05, 3.63) is 66.6 Å². The summed E-state index contributed by atoms with van der Waals surface area (Å²) in [5, 5.41) is 7.83. The summed E-state index contributed by atoms with van der Waals surface area (Å²) < 4.78 is 2.35. The van der Waals surface area contributed by atoms with Crippen molar-refractivity contribution in [2.75, 3.05) is 25.5 Å². The first kappa shape index (κ1) is 20.6. The number of hydrogen-bond donors (Lipinski definition) is 2. The fourth-order valence-corrected chi connectivity index (χ4v) is 4.52. The van der Waals surface area contributed by atoms with Crippen molar-refractivity contribution < 1.29 is 0 Å². The average molecular weight is 404 g/mol. The third kappa shape index (κ3) is 5.08. The number of nitrogens with zero attached hydrogens (tertiary/aromatic N) is 3. The van der Waals surface area contributed by atoms with Crippen molar-refractivity contribution in [3.8, 4) is 0 Å². The molecule has 3 aromatic rings. The lowest BCUT2D eigenvalue weighted by atomic mass is 10.1.